The molecule has 3 heterocycles. The molecule has 4 rings (SSSR count). The van der Waals surface area contributed by atoms with Crippen LogP contribution in [0.1, 0.15) is 17.2 Å². The van der Waals surface area contributed by atoms with Crippen LogP contribution in [0.25, 0.3) is 0 Å². The van der Waals surface area contributed by atoms with Crippen molar-refractivity contribution < 1.29 is 0 Å². The predicted molar refractivity (Wildman–Crippen MR) is 83.9 cm³/mol. The maximum Gasteiger partial charge on any atom is 0.332 e. The smallest absolute Gasteiger partial charge is 0.310 e. The van der Waals surface area contributed by atoms with Crippen molar-refractivity contribution in [2.24, 2.45) is 14.1 Å². The molecule has 0 bridgehead atoms. The molecule has 0 aliphatic carbocycles. The number of nitrogens with zero attached hydrogens (tertiary/aromatic N) is 5. The van der Waals surface area contributed by atoms with Crippen LogP contribution in [0.2, 0.25) is 0 Å². The summed E-state index contributed by atoms with van der Waals surface area (Å²) in [6.07, 6.45) is 1.42. The van der Waals surface area contributed by atoms with Crippen LogP contribution in [0.3, 0.4) is 0 Å². The molecule has 116 valence electrons. The second-order valence-electron chi connectivity index (χ2n) is 5.43. The molecule has 8 nitrogen and oxygen atoms in total. The number of anilines is 2. The summed E-state index contributed by atoms with van der Waals surface area (Å²) < 4.78 is 4.19. The van der Waals surface area contributed by atoms with Crippen LogP contribution in [0.4, 0.5) is 11.8 Å². The third kappa shape index (κ3) is 1.78. The van der Waals surface area contributed by atoms with E-state index in [0.29, 0.717) is 17.3 Å². The van der Waals surface area contributed by atoms with E-state index >= 15 is 0 Å². The number of hydrogen-bond donors (Lipinski definition) is 1. The third-order valence-electron chi connectivity index (χ3n) is 4.14. The molecular weight excluding hydrogens is 296 g/mol. The van der Waals surface area contributed by atoms with Gasteiger partial charge in [0, 0.05) is 14.1 Å². The fourth-order valence-electron chi connectivity index (χ4n) is 2.97. The summed E-state index contributed by atoms with van der Waals surface area (Å²) in [7, 11) is 3.10. The van der Waals surface area contributed by atoms with E-state index in [9.17, 15) is 9.59 Å². The van der Waals surface area contributed by atoms with Crippen LogP contribution in [0, 0.1) is 0 Å². The lowest BCUT2D eigenvalue weighted by molar-refractivity contribution is 0.558. The summed E-state index contributed by atoms with van der Waals surface area (Å²) >= 11 is 0. The first-order valence-electron chi connectivity index (χ1n) is 7.11. The highest BCUT2D eigenvalue weighted by Crippen LogP contribution is 2.35. The van der Waals surface area contributed by atoms with Crippen molar-refractivity contribution in [2.45, 2.75) is 6.04 Å². The van der Waals surface area contributed by atoms with Gasteiger partial charge < -0.3 is 5.32 Å². The van der Waals surface area contributed by atoms with E-state index in [1.165, 1.54) is 17.9 Å². The van der Waals surface area contributed by atoms with Crippen molar-refractivity contribution in [3.05, 3.63) is 68.6 Å². The molecule has 2 aromatic heterocycles. The zero-order chi connectivity index (χ0) is 16.1. The molecule has 23 heavy (non-hydrogen) atoms. The minimum atomic E-state index is -0.435. The second-order valence-corrected chi connectivity index (χ2v) is 5.43. The Kier molecular flexibility index (Phi) is 2.74. The van der Waals surface area contributed by atoms with E-state index in [2.05, 4.69) is 15.4 Å². The average molecular weight is 310 g/mol. The predicted octanol–water partition coefficient (Wildman–Crippen LogP) is 0.370. The molecule has 1 aromatic carbocycles. The summed E-state index contributed by atoms with van der Waals surface area (Å²) in [4.78, 5) is 29.1. The van der Waals surface area contributed by atoms with Crippen LogP contribution in [0.5, 0.6) is 0 Å². The minimum Gasteiger partial charge on any atom is -0.310 e. The normalized spacial score (nSPS) is 15.7. The van der Waals surface area contributed by atoms with E-state index in [0.717, 1.165) is 10.1 Å². The fraction of sp³-hybridized carbons (Fsp3) is 0.200. The SMILES string of the molecule is Cn1c2c(c(=O)n(C)c1=O)C(c1ccccc1)n1ncnc1N2. The molecule has 0 fully saturated rings. The van der Waals surface area contributed by atoms with Crippen molar-refractivity contribution in [3.8, 4) is 0 Å². The molecule has 0 amide bonds. The lowest BCUT2D eigenvalue weighted by Gasteiger charge is -2.28. The van der Waals surface area contributed by atoms with Gasteiger partial charge in [0.1, 0.15) is 18.2 Å². The first-order chi connectivity index (χ1) is 11.1. The van der Waals surface area contributed by atoms with Crippen LogP contribution < -0.4 is 16.6 Å². The van der Waals surface area contributed by atoms with E-state index in [-0.39, 0.29) is 11.2 Å². The second kappa shape index (κ2) is 4.67. The molecule has 1 aliphatic heterocycles. The summed E-state index contributed by atoms with van der Waals surface area (Å²) in [5.41, 5.74) is 0.642. The molecule has 0 spiro atoms. The van der Waals surface area contributed by atoms with Gasteiger partial charge in [-0.2, -0.15) is 10.1 Å². The third-order valence-corrected chi connectivity index (χ3v) is 4.14. The van der Waals surface area contributed by atoms with Gasteiger partial charge >= 0.3 is 5.69 Å². The van der Waals surface area contributed by atoms with Crippen LogP contribution in [-0.2, 0) is 14.1 Å². The highest BCUT2D eigenvalue weighted by Gasteiger charge is 2.33. The topological polar surface area (TPSA) is 86.7 Å². The molecule has 0 radical (unpaired) electrons. The Morgan fingerprint density at radius 1 is 1.09 bits per heavy atom. The maximum atomic E-state index is 12.7. The van der Waals surface area contributed by atoms with E-state index in [1.54, 1.807) is 11.7 Å². The van der Waals surface area contributed by atoms with Crippen molar-refractivity contribution in [1.29, 1.82) is 0 Å². The Bertz CT molecular complexity index is 1010. The largest absolute Gasteiger partial charge is 0.332 e. The summed E-state index contributed by atoms with van der Waals surface area (Å²) in [5, 5.41) is 7.28. The van der Waals surface area contributed by atoms with Crippen molar-refractivity contribution in [1.82, 2.24) is 23.9 Å². The summed E-state index contributed by atoms with van der Waals surface area (Å²) in [5.74, 6) is 0.946. The van der Waals surface area contributed by atoms with Gasteiger partial charge in [0.05, 0.1) is 5.56 Å². The number of aromatic nitrogens is 5. The minimum absolute atomic E-state index is 0.342. The van der Waals surface area contributed by atoms with Crippen LogP contribution >= 0.6 is 0 Å². The van der Waals surface area contributed by atoms with Gasteiger partial charge in [-0.3, -0.25) is 13.9 Å². The lowest BCUT2D eigenvalue weighted by Crippen LogP contribution is -2.43. The molecule has 3 aromatic rings. The molecular formula is C15H14N6O2. The quantitative estimate of drug-likeness (QED) is 0.549. The van der Waals surface area contributed by atoms with Gasteiger partial charge in [-0.1, -0.05) is 30.3 Å². The molecule has 1 atom stereocenters. The number of hydrogen-bond acceptors (Lipinski definition) is 5. The fourth-order valence-corrected chi connectivity index (χ4v) is 2.97. The molecule has 8 heteroatoms. The molecule has 0 saturated heterocycles. The first kappa shape index (κ1) is 13.5. The molecule has 0 saturated carbocycles. The van der Waals surface area contributed by atoms with Gasteiger partial charge in [-0.25, -0.2) is 9.48 Å². The Balaban J connectivity index is 2.11. The monoisotopic (exact) mass is 310 g/mol. The van der Waals surface area contributed by atoms with Gasteiger partial charge in [0.2, 0.25) is 5.95 Å². The molecule has 1 aliphatic rings. The summed E-state index contributed by atoms with van der Waals surface area (Å²) in [6, 6.07) is 9.13. The maximum absolute atomic E-state index is 12.7. The highest BCUT2D eigenvalue weighted by atomic mass is 16.2. The standard InChI is InChI=1S/C15H14N6O2/c1-19-12-10(13(22)20(2)15(19)23)11(9-6-4-3-5-7-9)21-14(18-12)16-8-17-21/h3-8,11H,1-2H3,(H,16,17,18). The van der Waals surface area contributed by atoms with Gasteiger partial charge in [-0.15, -0.1) is 0 Å². The zero-order valence-electron chi connectivity index (χ0n) is 12.6. The zero-order valence-corrected chi connectivity index (χ0v) is 12.6. The Labute approximate surface area is 130 Å². The Morgan fingerprint density at radius 3 is 2.57 bits per heavy atom. The van der Waals surface area contributed by atoms with Crippen LogP contribution in [-0.4, -0.2) is 23.9 Å². The average Bonchev–Trinajstić information content (AvgIpc) is 3.05. The molecule has 1 unspecified atom stereocenters. The highest BCUT2D eigenvalue weighted by molar-refractivity contribution is 5.60. The van der Waals surface area contributed by atoms with Gasteiger partial charge in [0.15, 0.2) is 0 Å². The van der Waals surface area contributed by atoms with Crippen molar-refractivity contribution >= 4 is 11.8 Å². The lowest BCUT2D eigenvalue weighted by atomic mass is 9.99. The van der Waals surface area contributed by atoms with Gasteiger partial charge in [-0.05, 0) is 5.56 Å². The van der Waals surface area contributed by atoms with E-state index < -0.39 is 6.04 Å². The van der Waals surface area contributed by atoms with E-state index in [1.807, 2.05) is 30.3 Å². The number of fused-ring (bicyclic) bond motifs is 2. The Hall–Kier alpha value is -3.16. The number of nitrogens with one attached hydrogen (secondary N) is 1. The first-order valence-corrected chi connectivity index (χ1v) is 7.11. The van der Waals surface area contributed by atoms with Crippen molar-refractivity contribution in [2.75, 3.05) is 5.32 Å². The summed E-state index contributed by atoms with van der Waals surface area (Å²) in [6.45, 7) is 0. The number of rotatable bonds is 1. The Morgan fingerprint density at radius 2 is 1.83 bits per heavy atom. The molecule has 1 N–H and O–H groups in total. The van der Waals surface area contributed by atoms with E-state index in [4.69, 9.17) is 0 Å². The van der Waals surface area contributed by atoms with Crippen molar-refractivity contribution in [3.63, 3.8) is 0 Å². The van der Waals surface area contributed by atoms with Gasteiger partial charge in [0.25, 0.3) is 5.56 Å². The number of benzene rings is 1. The van der Waals surface area contributed by atoms with Crippen LogP contribution in [0.15, 0.2) is 46.2 Å².